The van der Waals surface area contributed by atoms with Crippen LogP contribution in [0.3, 0.4) is 0 Å². The van der Waals surface area contributed by atoms with E-state index in [1.807, 2.05) is 6.08 Å². The largest absolute Gasteiger partial charge is 0.272 e. The Morgan fingerprint density at radius 3 is 2.00 bits per heavy atom. The van der Waals surface area contributed by atoms with Crippen LogP contribution in [0.4, 0.5) is 0 Å². The van der Waals surface area contributed by atoms with Gasteiger partial charge in [0.1, 0.15) is 0 Å². The minimum Gasteiger partial charge on any atom is -0.272 e. The van der Waals surface area contributed by atoms with Gasteiger partial charge in [0.25, 0.3) is 0 Å². The topological polar surface area (TPSA) is 12.4 Å². The number of allylic oxidation sites excluding steroid dienone is 2. The smallest absolute Gasteiger partial charge is 0.0297 e. The monoisotopic (exact) mass is 137 g/mol. The Bertz CT molecular complexity index is 158. The maximum Gasteiger partial charge on any atom is 0.0297 e. The van der Waals surface area contributed by atoms with E-state index in [1.165, 1.54) is 0 Å². The Kier molecular flexibility index (Phi) is 3.07. The van der Waals surface area contributed by atoms with E-state index in [4.69, 9.17) is 0 Å². The molecular weight excluding hydrogens is 122 g/mol. The van der Waals surface area contributed by atoms with Crippen molar-refractivity contribution in [3.63, 3.8) is 0 Å². The maximum atomic E-state index is 3.69. The van der Waals surface area contributed by atoms with E-state index in [0.717, 1.165) is 5.57 Å². The van der Waals surface area contributed by atoms with E-state index >= 15 is 0 Å². The lowest BCUT2D eigenvalue weighted by atomic mass is 9.87. The zero-order valence-electron chi connectivity index (χ0n) is 7.02. The number of nitrogens with zero attached hydrogens (tertiary/aromatic N) is 1. The molecule has 0 aliphatic carbocycles. The molecule has 0 spiro atoms. The van der Waals surface area contributed by atoms with Crippen molar-refractivity contribution in [2.75, 3.05) is 0 Å². The van der Waals surface area contributed by atoms with Crippen LogP contribution in [-0.2, 0) is 0 Å². The third-order valence-electron chi connectivity index (χ3n) is 1.32. The maximum absolute atomic E-state index is 3.69. The van der Waals surface area contributed by atoms with Crippen molar-refractivity contribution in [1.82, 2.24) is 0 Å². The highest BCUT2D eigenvalue weighted by Gasteiger charge is 2.12. The molecule has 0 saturated carbocycles. The summed E-state index contributed by atoms with van der Waals surface area (Å²) in [4.78, 5) is 3.69. The summed E-state index contributed by atoms with van der Waals surface area (Å²) in [6.07, 6.45) is 3.56. The summed E-state index contributed by atoms with van der Waals surface area (Å²) < 4.78 is 0. The van der Waals surface area contributed by atoms with Crippen LogP contribution in [0, 0.1) is 5.41 Å². The standard InChI is InChI=1S/C9H15N/c1-6-8(7-10-5)9(2,3)4/h6-7H,1,5H2,2-4H3/b8-7+. The first-order chi connectivity index (χ1) is 4.52. The van der Waals surface area contributed by atoms with Gasteiger partial charge in [0.2, 0.25) is 0 Å². The number of hydrogen-bond donors (Lipinski definition) is 0. The van der Waals surface area contributed by atoms with Gasteiger partial charge in [-0.3, -0.25) is 4.99 Å². The quantitative estimate of drug-likeness (QED) is 0.410. The first-order valence-corrected chi connectivity index (χ1v) is 3.31. The molecule has 0 rings (SSSR count). The summed E-state index contributed by atoms with van der Waals surface area (Å²) in [5.41, 5.74) is 1.24. The molecule has 0 heterocycles. The minimum absolute atomic E-state index is 0.128. The Balaban J connectivity index is 4.51. The van der Waals surface area contributed by atoms with E-state index < -0.39 is 0 Å². The highest BCUT2D eigenvalue weighted by molar-refractivity contribution is 5.30. The number of aliphatic imine (C=N–C) groups is 1. The molecule has 0 unspecified atom stereocenters. The zero-order valence-corrected chi connectivity index (χ0v) is 7.02. The van der Waals surface area contributed by atoms with Crippen LogP contribution in [0.5, 0.6) is 0 Å². The summed E-state index contributed by atoms with van der Waals surface area (Å²) >= 11 is 0. The van der Waals surface area contributed by atoms with Gasteiger partial charge in [-0.2, -0.15) is 0 Å². The average Bonchev–Trinajstić information content (AvgIpc) is 1.80. The van der Waals surface area contributed by atoms with Gasteiger partial charge in [-0.1, -0.05) is 33.4 Å². The Morgan fingerprint density at radius 1 is 1.40 bits per heavy atom. The molecule has 0 aromatic heterocycles. The van der Waals surface area contributed by atoms with Crippen LogP contribution in [-0.4, -0.2) is 6.72 Å². The molecule has 1 nitrogen and oxygen atoms in total. The van der Waals surface area contributed by atoms with Crippen molar-refractivity contribution >= 4 is 6.72 Å². The molecule has 1 heteroatoms. The van der Waals surface area contributed by atoms with Crippen molar-refractivity contribution in [3.05, 3.63) is 24.4 Å². The van der Waals surface area contributed by atoms with Crippen molar-refractivity contribution in [1.29, 1.82) is 0 Å². The molecule has 56 valence electrons. The van der Waals surface area contributed by atoms with Gasteiger partial charge >= 0.3 is 0 Å². The van der Waals surface area contributed by atoms with Gasteiger partial charge in [-0.25, -0.2) is 0 Å². The van der Waals surface area contributed by atoms with Crippen LogP contribution in [0.15, 0.2) is 29.4 Å². The Morgan fingerprint density at radius 2 is 1.90 bits per heavy atom. The van der Waals surface area contributed by atoms with Gasteiger partial charge in [-0.15, -0.1) is 0 Å². The van der Waals surface area contributed by atoms with E-state index in [-0.39, 0.29) is 5.41 Å². The van der Waals surface area contributed by atoms with Crippen molar-refractivity contribution in [2.45, 2.75) is 20.8 Å². The zero-order chi connectivity index (χ0) is 8.20. The molecular formula is C9H15N. The molecule has 0 aromatic rings. The SMILES string of the molecule is C=C/C(=C\N=C)C(C)(C)C. The van der Waals surface area contributed by atoms with E-state index in [2.05, 4.69) is 39.1 Å². The van der Waals surface area contributed by atoms with Gasteiger partial charge in [-0.05, 0) is 17.7 Å². The van der Waals surface area contributed by atoms with Gasteiger partial charge in [0, 0.05) is 6.20 Å². The van der Waals surface area contributed by atoms with E-state index in [0.29, 0.717) is 0 Å². The van der Waals surface area contributed by atoms with Crippen molar-refractivity contribution in [3.8, 4) is 0 Å². The molecule has 0 bridgehead atoms. The Hall–Kier alpha value is -0.850. The lowest BCUT2D eigenvalue weighted by Crippen LogP contribution is -2.06. The molecule has 0 saturated heterocycles. The Labute approximate surface area is 63.2 Å². The molecule has 10 heavy (non-hydrogen) atoms. The van der Waals surface area contributed by atoms with Crippen LogP contribution in [0.2, 0.25) is 0 Å². The molecule has 0 atom stereocenters. The van der Waals surface area contributed by atoms with Crippen LogP contribution in [0.25, 0.3) is 0 Å². The number of rotatable bonds is 2. The third-order valence-corrected chi connectivity index (χ3v) is 1.32. The molecule has 0 fully saturated rings. The molecule has 0 aliphatic heterocycles. The molecule has 0 radical (unpaired) electrons. The predicted molar refractivity (Wildman–Crippen MR) is 47.3 cm³/mol. The second-order valence-electron chi connectivity index (χ2n) is 3.22. The summed E-state index contributed by atoms with van der Waals surface area (Å²) in [5.74, 6) is 0. The van der Waals surface area contributed by atoms with Crippen molar-refractivity contribution in [2.24, 2.45) is 10.4 Å². The third kappa shape index (κ3) is 2.62. The predicted octanol–water partition coefficient (Wildman–Crippen LogP) is 2.80. The fourth-order valence-corrected chi connectivity index (χ4v) is 0.651. The molecule has 0 aromatic carbocycles. The lowest BCUT2D eigenvalue weighted by Gasteiger charge is -2.18. The summed E-state index contributed by atoms with van der Waals surface area (Å²) in [6.45, 7) is 13.4. The van der Waals surface area contributed by atoms with E-state index in [1.54, 1.807) is 6.20 Å². The van der Waals surface area contributed by atoms with Crippen LogP contribution in [0.1, 0.15) is 20.8 Å². The molecule has 0 amide bonds. The molecule has 0 aliphatic rings. The van der Waals surface area contributed by atoms with Gasteiger partial charge < -0.3 is 0 Å². The van der Waals surface area contributed by atoms with Gasteiger partial charge in [0.15, 0.2) is 0 Å². The number of hydrogen-bond acceptors (Lipinski definition) is 1. The summed E-state index contributed by atoms with van der Waals surface area (Å²) in [5, 5.41) is 0. The van der Waals surface area contributed by atoms with Crippen LogP contribution < -0.4 is 0 Å². The second kappa shape index (κ2) is 3.35. The normalized spacial score (nSPS) is 12.9. The fraction of sp³-hybridized carbons (Fsp3) is 0.444. The highest BCUT2D eigenvalue weighted by Crippen LogP contribution is 2.25. The molecule has 0 N–H and O–H groups in total. The highest BCUT2D eigenvalue weighted by atomic mass is 14.6. The first-order valence-electron chi connectivity index (χ1n) is 3.31. The first kappa shape index (κ1) is 9.15. The lowest BCUT2D eigenvalue weighted by molar-refractivity contribution is 0.516. The second-order valence-corrected chi connectivity index (χ2v) is 3.22. The van der Waals surface area contributed by atoms with Gasteiger partial charge in [0.05, 0.1) is 0 Å². The van der Waals surface area contributed by atoms with E-state index in [9.17, 15) is 0 Å². The van der Waals surface area contributed by atoms with Crippen LogP contribution >= 0.6 is 0 Å². The minimum atomic E-state index is 0.128. The fourth-order valence-electron chi connectivity index (χ4n) is 0.651. The summed E-state index contributed by atoms with van der Waals surface area (Å²) in [6, 6.07) is 0. The summed E-state index contributed by atoms with van der Waals surface area (Å²) in [7, 11) is 0. The average molecular weight is 137 g/mol. The van der Waals surface area contributed by atoms with Crippen molar-refractivity contribution < 1.29 is 0 Å².